The van der Waals surface area contributed by atoms with Crippen molar-refractivity contribution >= 4 is 5.82 Å². The predicted octanol–water partition coefficient (Wildman–Crippen LogP) is 4.26. The molecular weight excluding hydrogens is 258 g/mol. The van der Waals surface area contributed by atoms with Crippen LogP contribution in [0.15, 0.2) is 18.3 Å². The SMILES string of the molecule is CNC(C)c1cccnc1N(CCC(C)C)CCC(C)C. The summed E-state index contributed by atoms with van der Waals surface area (Å²) in [6.45, 7) is 13.5. The van der Waals surface area contributed by atoms with E-state index in [1.54, 1.807) is 0 Å². The molecule has 0 aromatic carbocycles. The van der Waals surface area contributed by atoms with Crippen LogP contribution in [0, 0.1) is 11.8 Å². The van der Waals surface area contributed by atoms with Crippen LogP contribution in [0.2, 0.25) is 0 Å². The first-order valence-electron chi connectivity index (χ1n) is 8.32. The van der Waals surface area contributed by atoms with Crippen LogP contribution in [0.4, 0.5) is 5.82 Å². The second kappa shape index (κ2) is 9.04. The molecule has 0 saturated heterocycles. The molecule has 0 spiro atoms. The van der Waals surface area contributed by atoms with Gasteiger partial charge in [-0.05, 0) is 44.7 Å². The van der Waals surface area contributed by atoms with Crippen LogP contribution in [-0.2, 0) is 0 Å². The Morgan fingerprint density at radius 2 is 1.62 bits per heavy atom. The molecule has 0 aliphatic carbocycles. The molecule has 21 heavy (non-hydrogen) atoms. The first-order valence-corrected chi connectivity index (χ1v) is 8.32. The number of hydrogen-bond acceptors (Lipinski definition) is 3. The zero-order valence-electron chi connectivity index (χ0n) is 14.7. The normalized spacial score (nSPS) is 13.0. The maximum Gasteiger partial charge on any atom is 0.133 e. The number of hydrogen-bond donors (Lipinski definition) is 1. The molecule has 1 heterocycles. The van der Waals surface area contributed by atoms with Gasteiger partial charge in [0.05, 0.1) is 0 Å². The third kappa shape index (κ3) is 6.04. The van der Waals surface area contributed by atoms with Crippen molar-refractivity contribution in [1.29, 1.82) is 0 Å². The lowest BCUT2D eigenvalue weighted by Gasteiger charge is -2.29. The fraction of sp³-hybridized carbons (Fsp3) is 0.722. The molecule has 0 radical (unpaired) electrons. The fourth-order valence-corrected chi connectivity index (χ4v) is 2.32. The van der Waals surface area contributed by atoms with E-state index in [2.05, 4.69) is 55.9 Å². The summed E-state index contributed by atoms with van der Waals surface area (Å²) in [6, 6.07) is 4.56. The monoisotopic (exact) mass is 291 g/mol. The second-order valence-corrected chi connectivity index (χ2v) is 6.78. The second-order valence-electron chi connectivity index (χ2n) is 6.78. The molecular formula is C18H33N3. The van der Waals surface area contributed by atoms with E-state index < -0.39 is 0 Å². The Balaban J connectivity index is 2.95. The zero-order valence-corrected chi connectivity index (χ0v) is 14.7. The van der Waals surface area contributed by atoms with Crippen molar-refractivity contribution in [2.45, 2.75) is 53.5 Å². The average molecular weight is 291 g/mol. The number of anilines is 1. The highest BCUT2D eigenvalue weighted by atomic mass is 15.2. The fourth-order valence-electron chi connectivity index (χ4n) is 2.32. The molecule has 3 nitrogen and oxygen atoms in total. The van der Waals surface area contributed by atoms with Crippen molar-refractivity contribution in [2.24, 2.45) is 11.8 Å². The lowest BCUT2D eigenvalue weighted by molar-refractivity contribution is 0.529. The van der Waals surface area contributed by atoms with Gasteiger partial charge in [-0.2, -0.15) is 0 Å². The summed E-state index contributed by atoms with van der Waals surface area (Å²) in [5.41, 5.74) is 1.30. The Hall–Kier alpha value is -1.09. The molecule has 1 unspecified atom stereocenters. The minimum atomic E-state index is 0.328. The zero-order chi connectivity index (χ0) is 15.8. The molecule has 0 aliphatic rings. The molecule has 0 saturated carbocycles. The van der Waals surface area contributed by atoms with E-state index in [1.165, 1.54) is 18.4 Å². The number of pyridine rings is 1. The number of nitrogens with zero attached hydrogens (tertiary/aromatic N) is 2. The molecule has 0 amide bonds. The van der Waals surface area contributed by atoms with E-state index >= 15 is 0 Å². The number of aromatic nitrogens is 1. The minimum absolute atomic E-state index is 0.328. The van der Waals surface area contributed by atoms with E-state index in [9.17, 15) is 0 Å². The van der Waals surface area contributed by atoms with Crippen molar-refractivity contribution in [3.05, 3.63) is 23.9 Å². The highest BCUT2D eigenvalue weighted by Crippen LogP contribution is 2.25. The van der Waals surface area contributed by atoms with Crippen molar-refractivity contribution in [3.8, 4) is 0 Å². The van der Waals surface area contributed by atoms with Gasteiger partial charge in [0.25, 0.3) is 0 Å². The smallest absolute Gasteiger partial charge is 0.133 e. The van der Waals surface area contributed by atoms with E-state index in [0.29, 0.717) is 6.04 Å². The Kier molecular flexibility index (Phi) is 7.73. The van der Waals surface area contributed by atoms with Gasteiger partial charge in [0.15, 0.2) is 0 Å². The molecule has 0 bridgehead atoms. The third-order valence-electron chi connectivity index (χ3n) is 3.97. The topological polar surface area (TPSA) is 28.2 Å². The number of rotatable bonds is 9. The molecule has 1 aromatic rings. The molecule has 1 N–H and O–H groups in total. The van der Waals surface area contributed by atoms with Crippen LogP contribution in [0.1, 0.15) is 59.1 Å². The Morgan fingerprint density at radius 3 is 2.10 bits per heavy atom. The maximum atomic E-state index is 4.69. The van der Waals surface area contributed by atoms with E-state index in [-0.39, 0.29) is 0 Å². The van der Waals surface area contributed by atoms with E-state index in [4.69, 9.17) is 0 Å². The molecule has 1 atom stereocenters. The first kappa shape index (κ1) is 18.0. The Labute approximate surface area is 131 Å². The molecule has 1 rings (SSSR count). The summed E-state index contributed by atoms with van der Waals surface area (Å²) in [5, 5.41) is 3.34. The van der Waals surface area contributed by atoms with Gasteiger partial charge in [0, 0.05) is 30.9 Å². The van der Waals surface area contributed by atoms with Crippen molar-refractivity contribution < 1.29 is 0 Å². The van der Waals surface area contributed by atoms with Crippen molar-refractivity contribution in [1.82, 2.24) is 10.3 Å². The summed E-state index contributed by atoms with van der Waals surface area (Å²) >= 11 is 0. The lowest BCUT2D eigenvalue weighted by atomic mass is 10.1. The summed E-state index contributed by atoms with van der Waals surface area (Å²) in [4.78, 5) is 7.17. The van der Waals surface area contributed by atoms with Gasteiger partial charge in [-0.1, -0.05) is 33.8 Å². The summed E-state index contributed by atoms with van der Waals surface area (Å²) in [6.07, 6.45) is 4.34. The van der Waals surface area contributed by atoms with Crippen molar-refractivity contribution in [3.63, 3.8) is 0 Å². The molecule has 120 valence electrons. The Morgan fingerprint density at radius 1 is 1.05 bits per heavy atom. The van der Waals surface area contributed by atoms with Gasteiger partial charge >= 0.3 is 0 Å². The van der Waals surface area contributed by atoms with E-state index in [1.807, 2.05) is 19.3 Å². The minimum Gasteiger partial charge on any atom is -0.356 e. The largest absolute Gasteiger partial charge is 0.356 e. The van der Waals surface area contributed by atoms with Gasteiger partial charge in [0.2, 0.25) is 0 Å². The van der Waals surface area contributed by atoms with Crippen LogP contribution >= 0.6 is 0 Å². The Bertz CT molecular complexity index is 389. The van der Waals surface area contributed by atoms with Crippen molar-refractivity contribution in [2.75, 3.05) is 25.0 Å². The van der Waals surface area contributed by atoms with Crippen LogP contribution < -0.4 is 10.2 Å². The highest BCUT2D eigenvalue weighted by molar-refractivity contribution is 5.48. The summed E-state index contributed by atoms with van der Waals surface area (Å²) < 4.78 is 0. The standard InChI is InChI=1S/C18H33N3/c1-14(2)9-12-21(13-10-15(3)4)18-17(16(5)19-6)8-7-11-20-18/h7-8,11,14-16,19H,9-10,12-13H2,1-6H3. The van der Waals surface area contributed by atoms with Crippen LogP contribution in [-0.4, -0.2) is 25.1 Å². The van der Waals surface area contributed by atoms with Gasteiger partial charge in [-0.25, -0.2) is 4.98 Å². The first-order chi connectivity index (χ1) is 9.95. The number of nitrogens with one attached hydrogen (secondary N) is 1. The van der Waals surface area contributed by atoms with Crippen LogP contribution in [0.3, 0.4) is 0 Å². The van der Waals surface area contributed by atoms with Gasteiger partial charge in [-0.15, -0.1) is 0 Å². The molecule has 3 heteroatoms. The summed E-state index contributed by atoms with van der Waals surface area (Å²) in [5.74, 6) is 2.60. The predicted molar refractivity (Wildman–Crippen MR) is 92.8 cm³/mol. The summed E-state index contributed by atoms with van der Waals surface area (Å²) in [7, 11) is 2.01. The third-order valence-corrected chi connectivity index (χ3v) is 3.97. The molecule has 0 aliphatic heterocycles. The van der Waals surface area contributed by atoms with Crippen LogP contribution in [0.25, 0.3) is 0 Å². The maximum absolute atomic E-state index is 4.69. The molecule has 0 fully saturated rings. The van der Waals surface area contributed by atoms with Gasteiger partial charge < -0.3 is 10.2 Å². The highest BCUT2D eigenvalue weighted by Gasteiger charge is 2.16. The quantitative estimate of drug-likeness (QED) is 0.737. The molecule has 1 aromatic heterocycles. The van der Waals surface area contributed by atoms with Crippen LogP contribution in [0.5, 0.6) is 0 Å². The van der Waals surface area contributed by atoms with Gasteiger partial charge in [0.1, 0.15) is 5.82 Å². The lowest BCUT2D eigenvalue weighted by Crippen LogP contribution is -2.30. The van der Waals surface area contributed by atoms with E-state index in [0.717, 1.165) is 30.7 Å². The average Bonchev–Trinajstić information content (AvgIpc) is 2.46. The van der Waals surface area contributed by atoms with Gasteiger partial charge in [-0.3, -0.25) is 0 Å².